The number of hydrogen-bond donors (Lipinski definition) is 1. The summed E-state index contributed by atoms with van der Waals surface area (Å²) in [5.74, 6) is -1.32. The maximum absolute atomic E-state index is 13.1. The molecule has 0 aromatic heterocycles. The summed E-state index contributed by atoms with van der Waals surface area (Å²) in [6, 6.07) is 1.98. The molecule has 0 saturated carbocycles. The van der Waals surface area contributed by atoms with Crippen molar-refractivity contribution >= 4 is 0 Å². The largest absolute Gasteiger partial charge is 0.419 e. The Kier molecular flexibility index (Phi) is 3.88. The van der Waals surface area contributed by atoms with E-state index in [1.165, 1.54) is 7.11 Å². The van der Waals surface area contributed by atoms with E-state index in [0.29, 0.717) is 6.07 Å². The molecular formula is C10H11F4NO. The fourth-order valence-electron chi connectivity index (χ4n) is 1.27. The average Bonchev–Trinajstić information content (AvgIpc) is 2.16. The first-order valence-corrected chi connectivity index (χ1v) is 4.47. The molecule has 90 valence electrons. The summed E-state index contributed by atoms with van der Waals surface area (Å²) in [5, 5.41) is 0. The van der Waals surface area contributed by atoms with Gasteiger partial charge in [-0.05, 0) is 17.7 Å². The molecule has 2 nitrogen and oxygen atoms in total. The van der Waals surface area contributed by atoms with Gasteiger partial charge in [-0.1, -0.05) is 6.07 Å². The van der Waals surface area contributed by atoms with Crippen LogP contribution in [-0.4, -0.2) is 13.7 Å². The topological polar surface area (TPSA) is 35.2 Å². The molecule has 0 amide bonds. The van der Waals surface area contributed by atoms with Gasteiger partial charge in [-0.25, -0.2) is 4.39 Å². The maximum atomic E-state index is 13.1. The first-order chi connectivity index (χ1) is 7.36. The van der Waals surface area contributed by atoms with Crippen LogP contribution in [0.3, 0.4) is 0 Å². The number of methoxy groups -OCH3 is 1. The fourth-order valence-corrected chi connectivity index (χ4v) is 1.27. The Bertz CT molecular complexity index is 364. The van der Waals surface area contributed by atoms with Gasteiger partial charge in [-0.15, -0.1) is 0 Å². The summed E-state index contributed by atoms with van der Waals surface area (Å²) < 4.78 is 54.6. The molecule has 6 heteroatoms. The van der Waals surface area contributed by atoms with Crippen molar-refractivity contribution in [3.8, 4) is 0 Å². The van der Waals surface area contributed by atoms with E-state index in [9.17, 15) is 17.6 Å². The van der Waals surface area contributed by atoms with Gasteiger partial charge in [0.1, 0.15) is 5.82 Å². The second kappa shape index (κ2) is 4.80. The Balaban J connectivity index is 3.00. The minimum Gasteiger partial charge on any atom is -0.383 e. The van der Waals surface area contributed by atoms with Crippen LogP contribution in [0.2, 0.25) is 0 Å². The van der Waals surface area contributed by atoms with E-state index in [0.717, 1.165) is 12.1 Å². The molecule has 0 saturated heterocycles. The summed E-state index contributed by atoms with van der Waals surface area (Å²) in [7, 11) is 1.40. The van der Waals surface area contributed by atoms with Crippen molar-refractivity contribution < 1.29 is 22.3 Å². The lowest BCUT2D eigenvalue weighted by Crippen LogP contribution is -2.17. The van der Waals surface area contributed by atoms with Crippen LogP contribution < -0.4 is 5.73 Å². The summed E-state index contributed by atoms with van der Waals surface area (Å²) in [4.78, 5) is 0. The van der Waals surface area contributed by atoms with E-state index in [1.807, 2.05) is 0 Å². The Morgan fingerprint density at radius 2 is 2.00 bits per heavy atom. The van der Waals surface area contributed by atoms with Crippen molar-refractivity contribution in [1.82, 2.24) is 0 Å². The van der Waals surface area contributed by atoms with Gasteiger partial charge in [0, 0.05) is 7.11 Å². The third-order valence-corrected chi connectivity index (χ3v) is 2.07. The third-order valence-electron chi connectivity index (χ3n) is 2.07. The van der Waals surface area contributed by atoms with Crippen molar-refractivity contribution in [1.29, 1.82) is 0 Å². The van der Waals surface area contributed by atoms with Gasteiger partial charge >= 0.3 is 6.18 Å². The molecule has 16 heavy (non-hydrogen) atoms. The standard InChI is InChI=1S/C10H11F4NO/c1-16-5-9(15)6-2-3-7(8(11)4-6)10(12,13)14/h2-4,9H,5,15H2,1H3/t9-/m0/s1. The zero-order valence-corrected chi connectivity index (χ0v) is 8.51. The van der Waals surface area contributed by atoms with Gasteiger partial charge in [0.2, 0.25) is 0 Å². The second-order valence-electron chi connectivity index (χ2n) is 3.30. The molecule has 0 aliphatic heterocycles. The number of halogens is 4. The van der Waals surface area contributed by atoms with Crippen molar-refractivity contribution in [2.24, 2.45) is 5.73 Å². The molecule has 0 radical (unpaired) electrons. The van der Waals surface area contributed by atoms with Crippen LogP contribution in [0.4, 0.5) is 17.6 Å². The van der Waals surface area contributed by atoms with Crippen LogP contribution in [0.25, 0.3) is 0 Å². The summed E-state index contributed by atoms with van der Waals surface area (Å²) >= 11 is 0. The van der Waals surface area contributed by atoms with Gasteiger partial charge in [-0.2, -0.15) is 13.2 Å². The van der Waals surface area contributed by atoms with E-state index in [4.69, 9.17) is 10.5 Å². The van der Waals surface area contributed by atoms with E-state index in [1.54, 1.807) is 0 Å². The fraction of sp³-hybridized carbons (Fsp3) is 0.400. The van der Waals surface area contributed by atoms with Gasteiger partial charge in [0.25, 0.3) is 0 Å². The minimum atomic E-state index is -4.69. The number of alkyl halides is 3. The Morgan fingerprint density at radius 1 is 1.38 bits per heavy atom. The smallest absolute Gasteiger partial charge is 0.383 e. The second-order valence-corrected chi connectivity index (χ2v) is 3.30. The highest BCUT2D eigenvalue weighted by Crippen LogP contribution is 2.32. The summed E-state index contributed by atoms with van der Waals surface area (Å²) in [5.41, 5.74) is 4.54. The Hall–Kier alpha value is -1.14. The number of ether oxygens (including phenoxy) is 1. The lowest BCUT2D eigenvalue weighted by Gasteiger charge is -2.13. The molecule has 1 rings (SSSR count). The number of hydrogen-bond acceptors (Lipinski definition) is 2. The van der Waals surface area contributed by atoms with Crippen molar-refractivity contribution in [3.63, 3.8) is 0 Å². The van der Waals surface area contributed by atoms with Crippen LogP contribution in [-0.2, 0) is 10.9 Å². The summed E-state index contributed by atoms with van der Waals surface area (Å²) in [6.45, 7) is 0.116. The molecule has 2 N–H and O–H groups in total. The SMILES string of the molecule is COC[C@H](N)c1ccc(C(F)(F)F)c(F)c1. The van der Waals surface area contributed by atoms with Crippen LogP contribution >= 0.6 is 0 Å². The molecule has 0 spiro atoms. The Labute approximate surface area is 90.0 Å². The molecule has 0 unspecified atom stereocenters. The van der Waals surface area contributed by atoms with Gasteiger partial charge in [-0.3, -0.25) is 0 Å². The summed E-state index contributed by atoms with van der Waals surface area (Å²) in [6.07, 6.45) is -4.69. The van der Waals surface area contributed by atoms with Crippen LogP contribution in [0, 0.1) is 5.82 Å². The zero-order chi connectivity index (χ0) is 12.3. The lowest BCUT2D eigenvalue weighted by atomic mass is 10.1. The first-order valence-electron chi connectivity index (χ1n) is 4.47. The van der Waals surface area contributed by atoms with Crippen molar-refractivity contribution in [2.45, 2.75) is 12.2 Å². The molecule has 0 fully saturated rings. The normalized spacial score (nSPS) is 13.9. The molecule has 1 aromatic carbocycles. The van der Waals surface area contributed by atoms with Crippen LogP contribution in [0.15, 0.2) is 18.2 Å². The first kappa shape index (κ1) is 12.9. The van der Waals surface area contributed by atoms with Gasteiger partial charge in [0.05, 0.1) is 18.2 Å². The van der Waals surface area contributed by atoms with Crippen molar-refractivity contribution in [2.75, 3.05) is 13.7 Å². The van der Waals surface area contributed by atoms with Crippen molar-refractivity contribution in [3.05, 3.63) is 35.1 Å². The molecule has 1 atom stereocenters. The lowest BCUT2D eigenvalue weighted by molar-refractivity contribution is -0.140. The van der Waals surface area contributed by atoms with Crippen LogP contribution in [0.1, 0.15) is 17.2 Å². The predicted octanol–water partition coefficient (Wildman–Crippen LogP) is 2.49. The molecule has 0 heterocycles. The number of rotatable bonds is 3. The number of nitrogens with two attached hydrogens (primary N) is 1. The molecule has 0 bridgehead atoms. The van der Waals surface area contributed by atoms with E-state index < -0.39 is 23.6 Å². The average molecular weight is 237 g/mol. The highest BCUT2D eigenvalue weighted by atomic mass is 19.4. The predicted molar refractivity (Wildman–Crippen MR) is 50.2 cm³/mol. The van der Waals surface area contributed by atoms with Gasteiger partial charge < -0.3 is 10.5 Å². The van der Waals surface area contributed by atoms with Crippen LogP contribution in [0.5, 0.6) is 0 Å². The zero-order valence-electron chi connectivity index (χ0n) is 8.51. The molecule has 0 aliphatic carbocycles. The monoisotopic (exact) mass is 237 g/mol. The van der Waals surface area contributed by atoms with Gasteiger partial charge in [0.15, 0.2) is 0 Å². The van der Waals surface area contributed by atoms with E-state index >= 15 is 0 Å². The Morgan fingerprint density at radius 3 is 2.44 bits per heavy atom. The molecular weight excluding hydrogens is 226 g/mol. The maximum Gasteiger partial charge on any atom is 0.419 e. The molecule has 1 aromatic rings. The van der Waals surface area contributed by atoms with E-state index in [-0.39, 0.29) is 12.2 Å². The minimum absolute atomic E-state index is 0.116. The quantitative estimate of drug-likeness (QED) is 0.820. The highest BCUT2D eigenvalue weighted by molar-refractivity contribution is 5.28. The number of benzene rings is 1. The highest BCUT2D eigenvalue weighted by Gasteiger charge is 2.34. The van der Waals surface area contributed by atoms with E-state index in [2.05, 4.69) is 0 Å². The third kappa shape index (κ3) is 2.93. The molecule has 0 aliphatic rings.